The number of carboxylic acids is 3. The van der Waals surface area contributed by atoms with Gasteiger partial charge in [0, 0.05) is 19.3 Å². The fraction of sp³-hybridized carbons (Fsp3) is 0.486. The second-order valence-corrected chi connectivity index (χ2v) is 12.0. The Balaban J connectivity index is 2.01. The molecule has 5 N–H and O–H groups in total. The number of carbonyl (C=O) groups excluding carboxylic acids is 2. The molecule has 2 aromatic rings. The molecule has 1 amide bonds. The summed E-state index contributed by atoms with van der Waals surface area (Å²) in [7, 11) is 0. The van der Waals surface area contributed by atoms with Crippen LogP contribution in [-0.2, 0) is 30.4 Å². The minimum Gasteiger partial charge on any atom is -0.481 e. The van der Waals surface area contributed by atoms with Gasteiger partial charge < -0.3 is 25.7 Å². The molecule has 0 aromatic heterocycles. The molecular formula is C37H49NO9. The normalized spacial score (nSPS) is 13.8. The Morgan fingerprint density at radius 2 is 1.34 bits per heavy atom. The van der Waals surface area contributed by atoms with Crippen molar-refractivity contribution in [3.63, 3.8) is 0 Å². The van der Waals surface area contributed by atoms with Gasteiger partial charge in [-0.15, -0.1) is 0 Å². The number of aliphatic carboxylic acids is 3. The number of ketones is 1. The molecule has 3 atom stereocenters. The molecule has 0 saturated carbocycles. The van der Waals surface area contributed by atoms with Gasteiger partial charge in [0.25, 0.3) is 0 Å². The first-order valence-corrected chi connectivity index (χ1v) is 16.5. The smallest absolute Gasteiger partial charge is 0.337 e. The summed E-state index contributed by atoms with van der Waals surface area (Å²) >= 11 is 0. The maximum Gasteiger partial charge on any atom is 0.337 e. The van der Waals surface area contributed by atoms with Gasteiger partial charge in [-0.2, -0.15) is 0 Å². The zero-order chi connectivity index (χ0) is 34.7. The lowest BCUT2D eigenvalue weighted by Gasteiger charge is -2.29. The van der Waals surface area contributed by atoms with Gasteiger partial charge in [-0.3, -0.25) is 14.4 Å². The number of rotatable bonds is 24. The van der Waals surface area contributed by atoms with E-state index < -0.39 is 47.8 Å². The SMILES string of the molecule is CCCCCCCC(=O)CCCCCC/C=C/[C@H](C(=O)N[C@@H](Cc1ccc(-c2ccccc2)cc1)C(=O)O)[C@@](O)(CC(=O)O)C(=O)O. The molecule has 0 radical (unpaired) electrons. The number of allylic oxidation sites excluding steroid dienone is 1. The van der Waals surface area contributed by atoms with E-state index in [1.807, 2.05) is 42.5 Å². The number of aliphatic hydroxyl groups is 1. The Morgan fingerprint density at radius 3 is 1.89 bits per heavy atom. The number of hydrogen-bond acceptors (Lipinski definition) is 6. The standard InChI is InChI=1S/C37H49NO9/c1-2-3-4-7-13-18-30(39)19-14-8-5-6-9-15-20-31(37(47,36(45)46)26-33(40)41)34(42)38-32(35(43)44)25-27-21-23-29(24-22-27)28-16-11-10-12-17-28/h10-12,15-17,20-24,31-32,47H,2-9,13-14,18-19,25-26H2,1H3,(H,38,42)(H,40,41)(H,43,44)(H,45,46)/b20-15+/t31-,32+,37+/m1/s1. The van der Waals surface area contributed by atoms with Crippen LogP contribution in [0.3, 0.4) is 0 Å². The number of Topliss-reactive ketones (excluding diaryl/α,β-unsaturated/α-hetero) is 1. The number of hydrogen-bond donors (Lipinski definition) is 5. The first kappa shape index (κ1) is 38.9. The molecule has 47 heavy (non-hydrogen) atoms. The predicted molar refractivity (Wildman–Crippen MR) is 179 cm³/mol. The third-order valence-electron chi connectivity index (χ3n) is 8.17. The Morgan fingerprint density at radius 1 is 0.766 bits per heavy atom. The average Bonchev–Trinajstić information content (AvgIpc) is 3.03. The van der Waals surface area contributed by atoms with E-state index in [0.29, 0.717) is 31.2 Å². The molecule has 0 spiro atoms. The number of nitrogens with one attached hydrogen (secondary N) is 1. The van der Waals surface area contributed by atoms with Gasteiger partial charge in [0.15, 0.2) is 5.60 Å². The Kier molecular flexibility index (Phi) is 17.2. The van der Waals surface area contributed by atoms with Crippen LogP contribution in [0.2, 0.25) is 0 Å². The van der Waals surface area contributed by atoms with Crippen molar-refractivity contribution in [2.45, 2.75) is 108 Å². The van der Waals surface area contributed by atoms with Crippen molar-refractivity contribution in [1.29, 1.82) is 0 Å². The quantitative estimate of drug-likeness (QED) is 0.0653. The van der Waals surface area contributed by atoms with Gasteiger partial charge in [0.1, 0.15) is 11.8 Å². The maximum atomic E-state index is 13.3. The van der Waals surface area contributed by atoms with Crippen LogP contribution in [0.1, 0.15) is 96.0 Å². The van der Waals surface area contributed by atoms with E-state index in [0.717, 1.165) is 62.1 Å². The van der Waals surface area contributed by atoms with Gasteiger partial charge in [-0.05, 0) is 42.4 Å². The summed E-state index contributed by atoms with van der Waals surface area (Å²) in [4.78, 5) is 61.0. The summed E-state index contributed by atoms with van der Waals surface area (Å²) < 4.78 is 0. The van der Waals surface area contributed by atoms with Crippen molar-refractivity contribution in [3.05, 3.63) is 72.3 Å². The summed E-state index contributed by atoms with van der Waals surface area (Å²) in [6, 6.07) is 15.2. The minimum absolute atomic E-state index is 0.127. The molecule has 0 aliphatic rings. The second-order valence-electron chi connectivity index (χ2n) is 12.0. The lowest BCUT2D eigenvalue weighted by Crippen LogP contribution is -2.55. The molecule has 10 nitrogen and oxygen atoms in total. The summed E-state index contributed by atoms with van der Waals surface area (Å²) in [5, 5.41) is 42.2. The summed E-state index contributed by atoms with van der Waals surface area (Å²) in [6.45, 7) is 2.15. The van der Waals surface area contributed by atoms with E-state index in [4.69, 9.17) is 0 Å². The van der Waals surface area contributed by atoms with Crippen LogP contribution in [0.25, 0.3) is 11.1 Å². The van der Waals surface area contributed by atoms with Gasteiger partial charge in [-0.1, -0.05) is 112 Å². The lowest BCUT2D eigenvalue weighted by atomic mass is 9.82. The van der Waals surface area contributed by atoms with Gasteiger partial charge in [0.05, 0.1) is 12.3 Å². The van der Waals surface area contributed by atoms with Crippen molar-refractivity contribution in [2.24, 2.45) is 5.92 Å². The van der Waals surface area contributed by atoms with Crippen LogP contribution < -0.4 is 5.32 Å². The Bertz CT molecular complexity index is 1320. The summed E-state index contributed by atoms with van der Waals surface area (Å²) in [5.74, 6) is -7.64. The van der Waals surface area contributed by atoms with Crippen LogP contribution in [0.4, 0.5) is 0 Å². The van der Waals surface area contributed by atoms with Crippen molar-refractivity contribution >= 4 is 29.6 Å². The predicted octanol–water partition coefficient (Wildman–Crippen LogP) is 6.20. The molecule has 0 unspecified atom stereocenters. The van der Waals surface area contributed by atoms with Gasteiger partial charge in [-0.25, -0.2) is 9.59 Å². The maximum absolute atomic E-state index is 13.3. The van der Waals surface area contributed by atoms with Gasteiger partial charge in [0.2, 0.25) is 5.91 Å². The highest BCUT2D eigenvalue weighted by Crippen LogP contribution is 2.26. The Hall–Kier alpha value is -4.31. The lowest BCUT2D eigenvalue weighted by molar-refractivity contribution is -0.172. The molecule has 0 heterocycles. The van der Waals surface area contributed by atoms with E-state index in [2.05, 4.69) is 12.2 Å². The highest BCUT2D eigenvalue weighted by atomic mass is 16.4. The van der Waals surface area contributed by atoms with Crippen molar-refractivity contribution in [1.82, 2.24) is 5.32 Å². The molecule has 256 valence electrons. The van der Waals surface area contributed by atoms with E-state index in [-0.39, 0.29) is 12.2 Å². The number of carboxylic acid groups (broad SMARTS) is 3. The molecule has 0 fully saturated rings. The van der Waals surface area contributed by atoms with Gasteiger partial charge >= 0.3 is 17.9 Å². The van der Waals surface area contributed by atoms with E-state index in [9.17, 15) is 44.4 Å². The fourth-order valence-corrected chi connectivity index (χ4v) is 5.39. The largest absolute Gasteiger partial charge is 0.481 e. The summed E-state index contributed by atoms with van der Waals surface area (Å²) in [6.07, 6.45) is 11.4. The highest BCUT2D eigenvalue weighted by Gasteiger charge is 2.49. The van der Waals surface area contributed by atoms with Crippen molar-refractivity contribution < 1.29 is 44.4 Å². The molecule has 0 saturated heterocycles. The third-order valence-corrected chi connectivity index (χ3v) is 8.17. The van der Waals surface area contributed by atoms with E-state index >= 15 is 0 Å². The summed E-state index contributed by atoms with van der Waals surface area (Å²) in [5.41, 5.74) is -0.528. The molecular weight excluding hydrogens is 602 g/mol. The molecule has 2 aromatic carbocycles. The van der Waals surface area contributed by atoms with Crippen LogP contribution in [0.5, 0.6) is 0 Å². The molecule has 0 bridgehead atoms. The van der Waals surface area contributed by atoms with Crippen LogP contribution >= 0.6 is 0 Å². The minimum atomic E-state index is -3.01. The molecule has 2 rings (SSSR count). The number of benzene rings is 2. The van der Waals surface area contributed by atoms with Crippen molar-refractivity contribution in [2.75, 3.05) is 0 Å². The van der Waals surface area contributed by atoms with Crippen molar-refractivity contribution in [3.8, 4) is 11.1 Å². The van der Waals surface area contributed by atoms with E-state index in [1.165, 1.54) is 12.5 Å². The molecule has 0 aliphatic heterocycles. The van der Waals surface area contributed by atoms with Crippen LogP contribution in [0.15, 0.2) is 66.7 Å². The fourth-order valence-electron chi connectivity index (χ4n) is 5.39. The molecule has 0 aliphatic carbocycles. The number of unbranched alkanes of at least 4 members (excludes halogenated alkanes) is 8. The first-order valence-electron chi connectivity index (χ1n) is 16.5. The molecule has 10 heteroatoms. The topological polar surface area (TPSA) is 178 Å². The third kappa shape index (κ3) is 13.9. The van der Waals surface area contributed by atoms with Crippen LogP contribution in [0, 0.1) is 5.92 Å². The monoisotopic (exact) mass is 651 g/mol. The number of amides is 1. The zero-order valence-corrected chi connectivity index (χ0v) is 27.2. The second kappa shape index (κ2) is 20.7. The number of carbonyl (C=O) groups is 5. The van der Waals surface area contributed by atoms with Crippen LogP contribution in [-0.4, -0.2) is 61.7 Å². The zero-order valence-electron chi connectivity index (χ0n) is 27.2. The van der Waals surface area contributed by atoms with E-state index in [1.54, 1.807) is 12.1 Å². The average molecular weight is 652 g/mol. The first-order chi connectivity index (χ1) is 22.5. The Labute approximate surface area is 276 Å². The highest BCUT2D eigenvalue weighted by molar-refractivity contribution is 5.94.